The molecule has 148 valence electrons. The molecule has 0 spiro atoms. The van der Waals surface area contributed by atoms with E-state index in [0.29, 0.717) is 18.3 Å². The summed E-state index contributed by atoms with van der Waals surface area (Å²) in [5.41, 5.74) is 3.10. The molecule has 0 radical (unpaired) electrons. The predicted octanol–water partition coefficient (Wildman–Crippen LogP) is 4.83. The number of methoxy groups -OCH3 is 1. The minimum Gasteiger partial charge on any atom is -0.497 e. The van der Waals surface area contributed by atoms with Crippen molar-refractivity contribution < 1.29 is 13.6 Å². The van der Waals surface area contributed by atoms with Gasteiger partial charge in [0, 0.05) is 0 Å². The summed E-state index contributed by atoms with van der Waals surface area (Å²) in [4.78, 5) is 0. The van der Waals surface area contributed by atoms with Crippen molar-refractivity contribution >= 4 is 0 Å². The first-order valence-corrected chi connectivity index (χ1v) is 9.46. The summed E-state index contributed by atoms with van der Waals surface area (Å²) in [6.07, 6.45) is 0. The van der Waals surface area contributed by atoms with Crippen LogP contribution in [0.15, 0.2) is 69.5 Å². The van der Waals surface area contributed by atoms with Crippen LogP contribution in [0.4, 0.5) is 0 Å². The number of hydrogen-bond acceptors (Lipinski definition) is 6. The molecule has 2 aromatic heterocycles. The van der Waals surface area contributed by atoms with E-state index in [4.69, 9.17) is 13.6 Å². The van der Waals surface area contributed by atoms with Crippen molar-refractivity contribution in [2.24, 2.45) is 0 Å². The summed E-state index contributed by atoms with van der Waals surface area (Å²) >= 11 is 0. The molecule has 6 heteroatoms. The summed E-state index contributed by atoms with van der Waals surface area (Å²) < 4.78 is 16.7. The summed E-state index contributed by atoms with van der Waals surface area (Å²) in [6.45, 7) is 4.22. The van der Waals surface area contributed by atoms with Crippen LogP contribution in [0.3, 0.4) is 0 Å². The molecule has 1 N–H and O–H groups in total. The van der Waals surface area contributed by atoms with Gasteiger partial charge in [-0.25, -0.2) is 0 Å². The molecule has 29 heavy (non-hydrogen) atoms. The van der Waals surface area contributed by atoms with Crippen LogP contribution < -0.4 is 10.1 Å². The van der Waals surface area contributed by atoms with Crippen molar-refractivity contribution in [2.45, 2.75) is 26.4 Å². The van der Waals surface area contributed by atoms with Crippen LogP contribution in [0.2, 0.25) is 0 Å². The summed E-state index contributed by atoms with van der Waals surface area (Å²) in [6, 6.07) is 20.2. The Kier molecular flexibility index (Phi) is 5.44. The van der Waals surface area contributed by atoms with Gasteiger partial charge in [0.25, 0.3) is 5.89 Å². The first-order chi connectivity index (χ1) is 14.1. The number of ether oxygens (including phenoxy) is 1. The molecule has 0 bridgehead atoms. The first-order valence-electron chi connectivity index (χ1n) is 9.46. The van der Waals surface area contributed by atoms with Gasteiger partial charge < -0.3 is 13.6 Å². The molecule has 0 saturated carbocycles. The third kappa shape index (κ3) is 4.22. The molecule has 4 rings (SSSR count). The number of aromatic nitrogens is 2. The highest BCUT2D eigenvalue weighted by molar-refractivity contribution is 5.55. The van der Waals surface area contributed by atoms with E-state index in [-0.39, 0.29) is 6.04 Å². The quantitative estimate of drug-likeness (QED) is 0.488. The Morgan fingerprint density at radius 3 is 2.31 bits per heavy atom. The SMILES string of the molecule is COc1ccc([C@@H](NCc2nnc(-c3cc(C)oc3C)o2)c2ccccc2)cc1. The zero-order valence-corrected chi connectivity index (χ0v) is 16.7. The Morgan fingerprint density at radius 2 is 1.66 bits per heavy atom. The van der Waals surface area contributed by atoms with Crippen LogP contribution >= 0.6 is 0 Å². The second-order valence-corrected chi connectivity index (χ2v) is 6.83. The third-order valence-electron chi connectivity index (χ3n) is 4.78. The van der Waals surface area contributed by atoms with Crippen LogP contribution in [-0.4, -0.2) is 17.3 Å². The minimum absolute atomic E-state index is 0.0182. The van der Waals surface area contributed by atoms with Crippen molar-refractivity contribution in [3.05, 3.63) is 89.2 Å². The van der Waals surface area contributed by atoms with Gasteiger partial charge in [0.15, 0.2) is 0 Å². The number of hydrogen-bond donors (Lipinski definition) is 1. The fraction of sp³-hybridized carbons (Fsp3) is 0.217. The molecule has 4 aromatic rings. The molecule has 0 unspecified atom stereocenters. The lowest BCUT2D eigenvalue weighted by atomic mass is 9.98. The van der Waals surface area contributed by atoms with E-state index in [1.807, 2.05) is 50.2 Å². The zero-order valence-electron chi connectivity index (χ0n) is 16.7. The predicted molar refractivity (Wildman–Crippen MR) is 110 cm³/mol. The maximum absolute atomic E-state index is 5.86. The van der Waals surface area contributed by atoms with E-state index in [0.717, 1.165) is 34.0 Å². The average molecular weight is 389 g/mol. The van der Waals surface area contributed by atoms with Gasteiger partial charge in [-0.2, -0.15) is 0 Å². The van der Waals surface area contributed by atoms with Gasteiger partial charge >= 0.3 is 0 Å². The van der Waals surface area contributed by atoms with Crippen molar-refractivity contribution in [3.8, 4) is 17.2 Å². The lowest BCUT2D eigenvalue weighted by Gasteiger charge is -2.19. The highest BCUT2D eigenvalue weighted by Crippen LogP contribution is 2.27. The average Bonchev–Trinajstić information content (AvgIpc) is 3.35. The van der Waals surface area contributed by atoms with Gasteiger partial charge in [0.2, 0.25) is 5.89 Å². The first kappa shape index (κ1) is 19.0. The second kappa shape index (κ2) is 8.32. The maximum atomic E-state index is 5.86. The molecular weight excluding hydrogens is 366 g/mol. The van der Waals surface area contributed by atoms with Gasteiger partial charge in [-0.1, -0.05) is 42.5 Å². The van der Waals surface area contributed by atoms with Crippen LogP contribution in [0.5, 0.6) is 5.75 Å². The Morgan fingerprint density at radius 1 is 0.931 bits per heavy atom. The fourth-order valence-corrected chi connectivity index (χ4v) is 3.34. The lowest BCUT2D eigenvalue weighted by molar-refractivity contribution is 0.414. The summed E-state index contributed by atoms with van der Waals surface area (Å²) in [5, 5.41) is 11.9. The van der Waals surface area contributed by atoms with Gasteiger partial charge in [-0.15, -0.1) is 10.2 Å². The van der Waals surface area contributed by atoms with Gasteiger partial charge in [-0.05, 0) is 43.2 Å². The number of nitrogens with zero attached hydrogens (tertiary/aromatic N) is 2. The Balaban J connectivity index is 1.55. The number of benzene rings is 2. The van der Waals surface area contributed by atoms with Crippen LogP contribution in [0.25, 0.3) is 11.5 Å². The second-order valence-electron chi connectivity index (χ2n) is 6.83. The Bertz CT molecular complexity index is 1070. The normalized spacial score (nSPS) is 12.1. The largest absolute Gasteiger partial charge is 0.497 e. The van der Waals surface area contributed by atoms with Crippen LogP contribution in [0, 0.1) is 13.8 Å². The summed E-state index contributed by atoms with van der Waals surface area (Å²) in [5.74, 6) is 3.41. The number of furan rings is 1. The zero-order chi connectivity index (χ0) is 20.2. The molecular formula is C23H23N3O3. The minimum atomic E-state index is -0.0182. The molecule has 0 amide bonds. The van der Waals surface area contributed by atoms with Gasteiger partial charge in [-0.3, -0.25) is 5.32 Å². The number of nitrogens with one attached hydrogen (secondary N) is 1. The molecule has 0 aliphatic rings. The van der Waals surface area contributed by atoms with Crippen LogP contribution in [0.1, 0.15) is 34.6 Å². The van der Waals surface area contributed by atoms with Crippen molar-refractivity contribution in [1.29, 1.82) is 0 Å². The molecule has 0 aliphatic carbocycles. The van der Waals surface area contributed by atoms with E-state index < -0.39 is 0 Å². The molecule has 2 heterocycles. The van der Waals surface area contributed by atoms with Crippen molar-refractivity contribution in [3.63, 3.8) is 0 Å². The van der Waals surface area contributed by atoms with E-state index in [2.05, 4.69) is 39.8 Å². The topological polar surface area (TPSA) is 73.3 Å². The molecule has 0 aliphatic heterocycles. The monoisotopic (exact) mass is 389 g/mol. The van der Waals surface area contributed by atoms with E-state index in [9.17, 15) is 0 Å². The Hall–Kier alpha value is -3.38. The standard InChI is InChI=1S/C23H23N3O3/c1-15-13-20(16(2)28-15)23-26-25-21(29-23)14-24-22(17-7-5-4-6-8-17)18-9-11-19(27-3)12-10-18/h4-13,22,24H,14H2,1-3H3/t22-/m0/s1. The van der Waals surface area contributed by atoms with E-state index >= 15 is 0 Å². The lowest BCUT2D eigenvalue weighted by Crippen LogP contribution is -2.22. The van der Waals surface area contributed by atoms with Crippen LogP contribution in [-0.2, 0) is 6.54 Å². The molecule has 0 fully saturated rings. The molecule has 0 saturated heterocycles. The van der Waals surface area contributed by atoms with Gasteiger partial charge in [0.1, 0.15) is 17.3 Å². The highest BCUT2D eigenvalue weighted by atomic mass is 16.5. The smallest absolute Gasteiger partial charge is 0.251 e. The van der Waals surface area contributed by atoms with Crippen molar-refractivity contribution in [2.75, 3.05) is 7.11 Å². The third-order valence-corrected chi connectivity index (χ3v) is 4.78. The summed E-state index contributed by atoms with van der Waals surface area (Å²) in [7, 11) is 1.67. The van der Waals surface area contributed by atoms with Crippen molar-refractivity contribution in [1.82, 2.24) is 15.5 Å². The molecule has 2 aromatic carbocycles. The van der Waals surface area contributed by atoms with E-state index in [1.165, 1.54) is 0 Å². The van der Waals surface area contributed by atoms with E-state index in [1.54, 1.807) is 7.11 Å². The number of aryl methyl sites for hydroxylation is 2. The molecule has 1 atom stereocenters. The highest BCUT2D eigenvalue weighted by Gasteiger charge is 2.17. The van der Waals surface area contributed by atoms with Gasteiger partial charge in [0.05, 0.1) is 25.3 Å². The fourth-order valence-electron chi connectivity index (χ4n) is 3.34. The number of rotatable bonds is 7. The Labute approximate surface area is 169 Å². The molecule has 6 nitrogen and oxygen atoms in total. The maximum Gasteiger partial charge on any atom is 0.251 e.